The zero-order chi connectivity index (χ0) is 16.2. The van der Waals surface area contributed by atoms with Crippen LogP contribution in [0.1, 0.15) is 19.0 Å². The molecule has 1 aromatic rings. The number of hydrogen-bond acceptors (Lipinski definition) is 6. The normalized spacial score (nSPS) is 11.3. The molecular weight excluding hydrogens is 291 g/mol. The number of halogens is 3. The summed E-state index contributed by atoms with van der Waals surface area (Å²) in [5.41, 5.74) is -0.513. The SMILES string of the molecule is CCCNc1nc(C)c([N+](=O)[O-])c(N(C)CC(F)(F)F)n1. The Hall–Kier alpha value is -2.13. The Morgan fingerprint density at radius 1 is 1.38 bits per heavy atom. The van der Waals surface area contributed by atoms with E-state index in [2.05, 4.69) is 15.3 Å². The van der Waals surface area contributed by atoms with Crippen LogP contribution in [0.4, 0.5) is 30.6 Å². The average Bonchev–Trinajstić information content (AvgIpc) is 2.32. The van der Waals surface area contributed by atoms with Gasteiger partial charge in [0, 0.05) is 13.6 Å². The van der Waals surface area contributed by atoms with Gasteiger partial charge in [-0.25, -0.2) is 4.98 Å². The number of hydrogen-bond donors (Lipinski definition) is 1. The third-order valence-electron chi connectivity index (χ3n) is 2.53. The highest BCUT2D eigenvalue weighted by Gasteiger charge is 2.33. The Labute approximate surface area is 119 Å². The van der Waals surface area contributed by atoms with Gasteiger partial charge in [0.2, 0.25) is 11.8 Å². The van der Waals surface area contributed by atoms with Crippen LogP contribution in [0, 0.1) is 17.0 Å². The minimum atomic E-state index is -4.49. The number of aryl methyl sites for hydroxylation is 1. The molecule has 0 bridgehead atoms. The van der Waals surface area contributed by atoms with Crippen molar-refractivity contribution in [2.45, 2.75) is 26.4 Å². The van der Waals surface area contributed by atoms with E-state index in [0.717, 1.165) is 13.5 Å². The van der Waals surface area contributed by atoms with Gasteiger partial charge >= 0.3 is 11.9 Å². The summed E-state index contributed by atoms with van der Waals surface area (Å²) in [6, 6.07) is 0. The minimum absolute atomic E-state index is 0.0117. The van der Waals surface area contributed by atoms with Crippen LogP contribution < -0.4 is 10.2 Å². The molecule has 0 aliphatic heterocycles. The van der Waals surface area contributed by atoms with Gasteiger partial charge in [-0.2, -0.15) is 18.2 Å². The molecule has 118 valence electrons. The first kappa shape index (κ1) is 16.9. The van der Waals surface area contributed by atoms with Gasteiger partial charge in [-0.05, 0) is 13.3 Å². The molecule has 0 saturated carbocycles. The molecule has 0 radical (unpaired) electrons. The van der Waals surface area contributed by atoms with E-state index < -0.39 is 23.3 Å². The van der Waals surface area contributed by atoms with Crippen molar-refractivity contribution in [3.05, 3.63) is 15.8 Å². The molecule has 10 heteroatoms. The fourth-order valence-corrected chi connectivity index (χ4v) is 1.69. The predicted octanol–water partition coefficient (Wildman–Crippen LogP) is 2.51. The molecule has 1 aromatic heterocycles. The van der Waals surface area contributed by atoms with Gasteiger partial charge in [0.1, 0.15) is 12.2 Å². The standard InChI is InChI=1S/C11H16F3N5O2/c1-4-5-15-10-16-7(2)8(19(20)21)9(17-10)18(3)6-11(12,13)14/h4-6H2,1-3H3,(H,15,16,17). The van der Waals surface area contributed by atoms with Gasteiger partial charge in [0.25, 0.3) is 0 Å². The van der Waals surface area contributed by atoms with E-state index in [9.17, 15) is 23.3 Å². The Balaban J connectivity index is 3.24. The smallest absolute Gasteiger partial charge is 0.354 e. The maximum absolute atomic E-state index is 12.5. The van der Waals surface area contributed by atoms with Crippen LogP contribution in [0.2, 0.25) is 0 Å². The van der Waals surface area contributed by atoms with Crippen molar-refractivity contribution in [3.8, 4) is 0 Å². The molecule has 0 aliphatic rings. The maximum atomic E-state index is 12.5. The highest BCUT2D eigenvalue weighted by atomic mass is 19.4. The predicted molar refractivity (Wildman–Crippen MR) is 71.5 cm³/mol. The Bertz CT molecular complexity index is 521. The summed E-state index contributed by atoms with van der Waals surface area (Å²) in [5, 5.41) is 13.8. The van der Waals surface area contributed by atoms with Crippen molar-refractivity contribution in [2.75, 3.05) is 30.4 Å². The first-order chi connectivity index (χ1) is 9.65. The molecule has 0 saturated heterocycles. The molecule has 0 aliphatic carbocycles. The summed E-state index contributed by atoms with van der Waals surface area (Å²) < 4.78 is 37.4. The molecule has 0 amide bonds. The van der Waals surface area contributed by atoms with Gasteiger partial charge < -0.3 is 10.2 Å². The summed E-state index contributed by atoms with van der Waals surface area (Å²) in [6.45, 7) is 2.43. The zero-order valence-corrected chi connectivity index (χ0v) is 11.9. The number of anilines is 2. The molecule has 21 heavy (non-hydrogen) atoms. The third kappa shape index (κ3) is 4.72. The van der Waals surface area contributed by atoms with Crippen molar-refractivity contribution in [2.24, 2.45) is 0 Å². The van der Waals surface area contributed by atoms with Gasteiger partial charge in [0.05, 0.1) is 4.92 Å². The highest BCUT2D eigenvalue weighted by molar-refractivity contribution is 5.62. The molecule has 0 unspecified atom stereocenters. The summed E-state index contributed by atoms with van der Waals surface area (Å²) in [4.78, 5) is 18.7. The second kappa shape index (κ2) is 6.55. The lowest BCUT2D eigenvalue weighted by atomic mass is 10.3. The molecule has 1 rings (SSSR count). The molecular formula is C11H16F3N5O2. The van der Waals surface area contributed by atoms with Gasteiger partial charge in [-0.3, -0.25) is 10.1 Å². The van der Waals surface area contributed by atoms with Gasteiger partial charge in [-0.1, -0.05) is 6.92 Å². The molecule has 1 heterocycles. The molecule has 0 aromatic carbocycles. The monoisotopic (exact) mass is 307 g/mol. The largest absolute Gasteiger partial charge is 0.405 e. The van der Waals surface area contributed by atoms with Gasteiger partial charge in [0.15, 0.2) is 0 Å². The van der Waals surface area contributed by atoms with Crippen molar-refractivity contribution in [1.29, 1.82) is 0 Å². The van der Waals surface area contributed by atoms with Gasteiger partial charge in [-0.15, -0.1) is 0 Å². The van der Waals surface area contributed by atoms with Crippen LogP contribution in [-0.4, -0.2) is 41.2 Å². The lowest BCUT2D eigenvalue weighted by Gasteiger charge is -2.20. The number of nitro groups is 1. The van der Waals surface area contributed by atoms with E-state index in [4.69, 9.17) is 0 Å². The van der Waals surface area contributed by atoms with E-state index in [1.807, 2.05) is 6.92 Å². The Morgan fingerprint density at radius 2 is 2.00 bits per heavy atom. The first-order valence-corrected chi connectivity index (χ1v) is 6.20. The fraction of sp³-hybridized carbons (Fsp3) is 0.636. The second-order valence-corrected chi connectivity index (χ2v) is 4.46. The first-order valence-electron chi connectivity index (χ1n) is 6.20. The van der Waals surface area contributed by atoms with E-state index in [1.54, 1.807) is 0 Å². The average molecular weight is 307 g/mol. The lowest BCUT2D eigenvalue weighted by Crippen LogP contribution is -2.32. The van der Waals surface area contributed by atoms with Crippen LogP contribution in [0.15, 0.2) is 0 Å². The van der Waals surface area contributed by atoms with Crippen molar-refractivity contribution in [3.63, 3.8) is 0 Å². The number of nitrogens with zero attached hydrogens (tertiary/aromatic N) is 4. The Morgan fingerprint density at radius 3 is 2.48 bits per heavy atom. The molecule has 0 spiro atoms. The minimum Gasteiger partial charge on any atom is -0.354 e. The zero-order valence-electron chi connectivity index (χ0n) is 11.9. The van der Waals surface area contributed by atoms with Crippen LogP contribution in [0.3, 0.4) is 0 Å². The third-order valence-corrected chi connectivity index (χ3v) is 2.53. The molecule has 0 atom stereocenters. The summed E-state index contributed by atoms with van der Waals surface area (Å²) >= 11 is 0. The number of alkyl halides is 3. The molecule has 7 nitrogen and oxygen atoms in total. The van der Waals surface area contributed by atoms with E-state index in [0.29, 0.717) is 11.4 Å². The van der Waals surface area contributed by atoms with Crippen molar-refractivity contribution < 1.29 is 18.1 Å². The fourth-order valence-electron chi connectivity index (χ4n) is 1.69. The van der Waals surface area contributed by atoms with Crippen molar-refractivity contribution in [1.82, 2.24) is 9.97 Å². The van der Waals surface area contributed by atoms with Crippen LogP contribution in [0.25, 0.3) is 0 Å². The number of rotatable bonds is 6. The summed E-state index contributed by atoms with van der Waals surface area (Å²) in [5.74, 6) is -0.285. The van der Waals surface area contributed by atoms with Crippen LogP contribution in [0.5, 0.6) is 0 Å². The van der Waals surface area contributed by atoms with E-state index >= 15 is 0 Å². The summed E-state index contributed by atoms with van der Waals surface area (Å²) in [7, 11) is 1.10. The number of nitrogens with one attached hydrogen (secondary N) is 1. The lowest BCUT2D eigenvalue weighted by molar-refractivity contribution is -0.385. The maximum Gasteiger partial charge on any atom is 0.405 e. The van der Waals surface area contributed by atoms with E-state index in [1.165, 1.54) is 6.92 Å². The van der Waals surface area contributed by atoms with Crippen LogP contribution in [-0.2, 0) is 0 Å². The van der Waals surface area contributed by atoms with Crippen LogP contribution >= 0.6 is 0 Å². The van der Waals surface area contributed by atoms with E-state index in [-0.39, 0.29) is 17.5 Å². The molecule has 0 fully saturated rings. The summed E-state index contributed by atoms with van der Waals surface area (Å²) in [6.07, 6.45) is -3.73. The topological polar surface area (TPSA) is 84.2 Å². The quantitative estimate of drug-likeness (QED) is 0.642. The van der Waals surface area contributed by atoms with Crippen molar-refractivity contribution >= 4 is 17.5 Å². The molecule has 1 N–H and O–H groups in total. The highest BCUT2D eigenvalue weighted by Crippen LogP contribution is 2.30. The Kier molecular flexibility index (Phi) is 5.28. The number of aromatic nitrogens is 2. The second-order valence-electron chi connectivity index (χ2n) is 4.46.